The van der Waals surface area contributed by atoms with Crippen molar-refractivity contribution in [2.24, 2.45) is 17.3 Å². The Kier molecular flexibility index (Phi) is 5.24. The van der Waals surface area contributed by atoms with Gasteiger partial charge in [-0.25, -0.2) is 0 Å². The van der Waals surface area contributed by atoms with Gasteiger partial charge in [0.25, 0.3) is 0 Å². The normalized spacial score (nSPS) is 33.5. The number of rotatable bonds is 5. The number of Topliss-reactive ketones (excluding diaryl/α,β-unsaturated/α-hetero) is 1. The van der Waals surface area contributed by atoms with E-state index in [9.17, 15) is 14.7 Å². The van der Waals surface area contributed by atoms with Gasteiger partial charge in [0.1, 0.15) is 17.6 Å². The molecule has 0 aliphatic heterocycles. The van der Waals surface area contributed by atoms with E-state index in [4.69, 9.17) is 4.74 Å². The molecule has 2 fully saturated rings. The topological polar surface area (TPSA) is 63.6 Å². The van der Waals surface area contributed by atoms with Gasteiger partial charge in [0.2, 0.25) is 0 Å². The van der Waals surface area contributed by atoms with Crippen LogP contribution in [0.1, 0.15) is 82.3 Å². The molecule has 0 heterocycles. The molecule has 0 saturated heterocycles. The summed E-state index contributed by atoms with van der Waals surface area (Å²) in [7, 11) is 0. The summed E-state index contributed by atoms with van der Waals surface area (Å²) in [6.45, 7) is 3.90. The van der Waals surface area contributed by atoms with Crippen LogP contribution in [0.3, 0.4) is 0 Å². The fraction of sp³-hybridized carbons (Fsp3) is 0.667. The average Bonchev–Trinajstić information content (AvgIpc) is 2.97. The Morgan fingerprint density at radius 3 is 2.79 bits per heavy atom. The molecule has 2 saturated carbocycles. The highest BCUT2D eigenvalue weighted by Crippen LogP contribution is 2.61. The number of ether oxygens (including phenoxy) is 1. The van der Waals surface area contributed by atoms with Crippen LogP contribution >= 0.6 is 0 Å². The zero-order chi connectivity index (χ0) is 19.9. The Labute approximate surface area is 167 Å². The zero-order valence-corrected chi connectivity index (χ0v) is 17.1. The maximum Gasteiger partial charge on any atom is 0.306 e. The molecular formula is C24H32O4. The molecular weight excluding hydrogens is 352 g/mol. The van der Waals surface area contributed by atoms with Gasteiger partial charge in [0.05, 0.1) is 0 Å². The van der Waals surface area contributed by atoms with Crippen molar-refractivity contribution in [3.8, 4) is 5.75 Å². The number of aromatic hydroxyl groups is 1. The van der Waals surface area contributed by atoms with Crippen LogP contribution in [-0.4, -0.2) is 23.0 Å². The summed E-state index contributed by atoms with van der Waals surface area (Å²) in [5.74, 6) is 2.19. The van der Waals surface area contributed by atoms with E-state index in [2.05, 4.69) is 13.0 Å². The highest BCUT2D eigenvalue weighted by atomic mass is 16.5. The van der Waals surface area contributed by atoms with E-state index in [-0.39, 0.29) is 23.3 Å². The van der Waals surface area contributed by atoms with E-state index in [0.29, 0.717) is 42.8 Å². The number of carbonyl (C=O) groups excluding carboxylic acids is 2. The lowest BCUT2D eigenvalue weighted by atomic mass is 9.55. The lowest BCUT2D eigenvalue weighted by Crippen LogP contribution is -2.45. The number of hydrogen-bond donors (Lipinski definition) is 1. The third kappa shape index (κ3) is 3.46. The summed E-state index contributed by atoms with van der Waals surface area (Å²) in [6, 6.07) is 5.90. The van der Waals surface area contributed by atoms with Crippen LogP contribution in [0.5, 0.6) is 5.75 Å². The van der Waals surface area contributed by atoms with Crippen molar-refractivity contribution in [3.63, 3.8) is 0 Å². The van der Waals surface area contributed by atoms with Gasteiger partial charge in [-0.15, -0.1) is 0 Å². The first-order valence-corrected chi connectivity index (χ1v) is 10.9. The fourth-order valence-electron chi connectivity index (χ4n) is 6.41. The largest absolute Gasteiger partial charge is 0.508 e. The van der Waals surface area contributed by atoms with Crippen molar-refractivity contribution in [2.75, 3.05) is 0 Å². The first-order valence-electron chi connectivity index (χ1n) is 10.9. The molecule has 1 N–H and O–H groups in total. The molecule has 0 amide bonds. The van der Waals surface area contributed by atoms with E-state index in [1.54, 1.807) is 6.92 Å². The Hall–Kier alpha value is -1.84. The van der Waals surface area contributed by atoms with Gasteiger partial charge in [-0.2, -0.15) is 0 Å². The molecule has 152 valence electrons. The minimum Gasteiger partial charge on any atom is -0.508 e. The quantitative estimate of drug-likeness (QED) is 0.732. The average molecular weight is 385 g/mol. The van der Waals surface area contributed by atoms with Gasteiger partial charge in [-0.1, -0.05) is 13.0 Å². The molecule has 4 rings (SSSR count). The monoisotopic (exact) mass is 384 g/mol. The van der Waals surface area contributed by atoms with Crippen LogP contribution in [0.25, 0.3) is 0 Å². The van der Waals surface area contributed by atoms with Crippen molar-refractivity contribution >= 4 is 11.8 Å². The van der Waals surface area contributed by atoms with Crippen molar-refractivity contribution in [1.82, 2.24) is 0 Å². The van der Waals surface area contributed by atoms with Crippen molar-refractivity contribution < 1.29 is 19.4 Å². The lowest BCUT2D eigenvalue weighted by molar-refractivity contribution is -0.157. The predicted molar refractivity (Wildman–Crippen MR) is 107 cm³/mol. The van der Waals surface area contributed by atoms with Crippen LogP contribution < -0.4 is 0 Å². The van der Waals surface area contributed by atoms with E-state index in [1.807, 2.05) is 12.1 Å². The minimum atomic E-state index is -0.139. The Bertz CT molecular complexity index is 770. The molecule has 28 heavy (non-hydrogen) atoms. The van der Waals surface area contributed by atoms with Crippen LogP contribution in [0.15, 0.2) is 18.2 Å². The molecule has 0 unspecified atom stereocenters. The van der Waals surface area contributed by atoms with Gasteiger partial charge in [0, 0.05) is 18.3 Å². The van der Waals surface area contributed by atoms with Crippen molar-refractivity contribution in [3.05, 3.63) is 29.3 Å². The van der Waals surface area contributed by atoms with Crippen LogP contribution in [0.2, 0.25) is 0 Å². The molecule has 5 atom stereocenters. The number of ketones is 1. The maximum absolute atomic E-state index is 12.3. The summed E-state index contributed by atoms with van der Waals surface area (Å²) in [4.78, 5) is 23.4. The Balaban J connectivity index is 1.44. The molecule has 4 heteroatoms. The van der Waals surface area contributed by atoms with E-state index < -0.39 is 0 Å². The maximum atomic E-state index is 12.3. The second-order valence-electron chi connectivity index (χ2n) is 9.45. The SMILES string of the molecule is CC(=O)CCCC(=O)O[C@H]1CC[C@H]2[C@H]3CCc4cc(O)ccc4[C@@H]3CC[C@]12C. The third-order valence-corrected chi connectivity index (χ3v) is 7.81. The second kappa shape index (κ2) is 7.53. The van der Waals surface area contributed by atoms with Gasteiger partial charge < -0.3 is 14.6 Å². The standard InChI is InChI=1S/C24H32O4/c1-15(25)4-3-5-23(27)28-22-11-10-21-20-8-6-16-14-17(26)7-9-18(16)19(20)12-13-24(21,22)2/h7,9,14,19-22,26H,3-6,8,10-13H2,1-2H3/t19-,20-,21-,22-,24-/m0/s1. The lowest BCUT2D eigenvalue weighted by Gasteiger charge is -2.50. The second-order valence-corrected chi connectivity index (χ2v) is 9.45. The highest BCUT2D eigenvalue weighted by Gasteiger charge is 2.56. The van der Waals surface area contributed by atoms with Crippen LogP contribution in [0, 0.1) is 17.3 Å². The van der Waals surface area contributed by atoms with E-state index >= 15 is 0 Å². The summed E-state index contributed by atoms with van der Waals surface area (Å²) < 4.78 is 5.95. The third-order valence-electron chi connectivity index (χ3n) is 7.81. The Morgan fingerprint density at radius 1 is 1.18 bits per heavy atom. The molecule has 4 nitrogen and oxygen atoms in total. The molecule has 0 spiro atoms. The molecule has 0 aromatic heterocycles. The number of aryl methyl sites for hydroxylation is 1. The predicted octanol–water partition coefficient (Wildman–Crippen LogP) is 4.92. The summed E-state index contributed by atoms with van der Waals surface area (Å²) in [5, 5.41) is 9.82. The summed E-state index contributed by atoms with van der Waals surface area (Å²) in [5.41, 5.74) is 2.82. The number of phenols is 1. The number of hydrogen-bond acceptors (Lipinski definition) is 4. The highest BCUT2D eigenvalue weighted by molar-refractivity contribution is 5.76. The number of carbonyl (C=O) groups is 2. The van der Waals surface area contributed by atoms with Gasteiger partial charge >= 0.3 is 5.97 Å². The first-order chi connectivity index (χ1) is 13.4. The number of benzene rings is 1. The fourth-order valence-corrected chi connectivity index (χ4v) is 6.41. The Morgan fingerprint density at radius 2 is 2.00 bits per heavy atom. The molecule has 1 aromatic rings. The molecule has 1 aromatic carbocycles. The number of fused-ring (bicyclic) bond motifs is 5. The van der Waals surface area contributed by atoms with Crippen molar-refractivity contribution in [2.45, 2.75) is 83.7 Å². The smallest absolute Gasteiger partial charge is 0.306 e. The first kappa shape index (κ1) is 19.5. The van der Waals surface area contributed by atoms with Gasteiger partial charge in [-0.05, 0) is 92.9 Å². The van der Waals surface area contributed by atoms with Gasteiger partial charge in [0.15, 0.2) is 0 Å². The minimum absolute atomic E-state index is 0.0180. The zero-order valence-electron chi connectivity index (χ0n) is 17.1. The van der Waals surface area contributed by atoms with Crippen molar-refractivity contribution in [1.29, 1.82) is 0 Å². The molecule has 0 radical (unpaired) electrons. The van der Waals surface area contributed by atoms with E-state index in [1.165, 1.54) is 17.5 Å². The molecule has 3 aliphatic rings. The van der Waals surface area contributed by atoms with Gasteiger partial charge in [-0.3, -0.25) is 4.79 Å². The number of esters is 1. The molecule has 0 bridgehead atoms. The van der Waals surface area contributed by atoms with Crippen LogP contribution in [0.4, 0.5) is 0 Å². The number of phenolic OH excluding ortho intramolecular Hbond substituents is 1. The van der Waals surface area contributed by atoms with Crippen LogP contribution in [-0.2, 0) is 20.7 Å². The van der Waals surface area contributed by atoms with E-state index in [0.717, 1.165) is 32.1 Å². The summed E-state index contributed by atoms with van der Waals surface area (Å²) >= 11 is 0. The molecule has 3 aliphatic carbocycles. The summed E-state index contributed by atoms with van der Waals surface area (Å²) in [6.07, 6.45) is 7.94.